The highest BCUT2D eigenvalue weighted by molar-refractivity contribution is 7.85. The molecular weight excluding hydrogens is 263 g/mol. The molecule has 1 aromatic carbocycles. The van der Waals surface area contributed by atoms with Crippen molar-refractivity contribution >= 4 is 10.8 Å². The van der Waals surface area contributed by atoms with E-state index in [1.807, 2.05) is 0 Å². The molecule has 0 radical (unpaired) electrons. The Kier molecular flexibility index (Phi) is 4.40. The Labute approximate surface area is 106 Å². The number of hydrogen-bond acceptors (Lipinski definition) is 2. The molecule has 0 bridgehead atoms. The van der Waals surface area contributed by atoms with E-state index in [2.05, 4.69) is 5.32 Å². The van der Waals surface area contributed by atoms with Gasteiger partial charge < -0.3 is 5.32 Å². The fraction of sp³-hybridized carbons (Fsp3) is 0.500. The fourth-order valence-electron chi connectivity index (χ4n) is 1.95. The molecule has 2 nitrogen and oxygen atoms in total. The van der Waals surface area contributed by atoms with E-state index in [1.165, 1.54) is 0 Å². The maximum absolute atomic E-state index is 13.4. The predicted octanol–water partition coefficient (Wildman–Crippen LogP) is 2.10. The van der Waals surface area contributed by atoms with E-state index in [0.29, 0.717) is 17.6 Å². The highest BCUT2D eigenvalue weighted by Gasteiger charge is 2.18. The van der Waals surface area contributed by atoms with Crippen LogP contribution < -0.4 is 5.32 Å². The predicted molar refractivity (Wildman–Crippen MR) is 64.1 cm³/mol. The minimum absolute atomic E-state index is 0.112. The van der Waals surface area contributed by atoms with Crippen molar-refractivity contribution in [3.8, 4) is 0 Å². The molecule has 1 N–H and O–H groups in total. The first kappa shape index (κ1) is 13.5. The zero-order chi connectivity index (χ0) is 13.1. The molecular formula is C12H14F3NOS. The summed E-state index contributed by atoms with van der Waals surface area (Å²) in [5.74, 6) is -1.70. The molecule has 0 amide bonds. The quantitative estimate of drug-likeness (QED) is 0.857. The van der Waals surface area contributed by atoms with Crippen molar-refractivity contribution < 1.29 is 17.4 Å². The van der Waals surface area contributed by atoms with Crippen LogP contribution >= 0.6 is 0 Å². The molecule has 1 fully saturated rings. The zero-order valence-corrected chi connectivity index (χ0v) is 10.5. The van der Waals surface area contributed by atoms with E-state index < -0.39 is 28.3 Å². The Morgan fingerprint density at radius 2 is 1.72 bits per heavy atom. The van der Waals surface area contributed by atoms with Crippen LogP contribution in [0.2, 0.25) is 0 Å². The van der Waals surface area contributed by atoms with Crippen LogP contribution in [-0.4, -0.2) is 21.8 Å². The molecule has 1 aliphatic heterocycles. The topological polar surface area (TPSA) is 29.1 Å². The first-order valence-electron chi connectivity index (χ1n) is 5.78. The smallest absolute Gasteiger partial charge is 0.161 e. The van der Waals surface area contributed by atoms with Crippen LogP contribution in [0.3, 0.4) is 0 Å². The Morgan fingerprint density at radius 3 is 2.39 bits per heavy atom. The van der Waals surface area contributed by atoms with Gasteiger partial charge in [0.15, 0.2) is 11.6 Å². The molecule has 18 heavy (non-hydrogen) atoms. The van der Waals surface area contributed by atoms with E-state index >= 15 is 0 Å². The third-order valence-corrected chi connectivity index (χ3v) is 4.44. The SMILES string of the molecule is O=S1CCC(NCc2cc(F)c(F)cc2F)CC1. The summed E-state index contributed by atoms with van der Waals surface area (Å²) in [5, 5.41) is 3.08. The number of rotatable bonds is 3. The van der Waals surface area contributed by atoms with E-state index in [4.69, 9.17) is 0 Å². The van der Waals surface area contributed by atoms with Crippen molar-refractivity contribution in [2.75, 3.05) is 11.5 Å². The van der Waals surface area contributed by atoms with Crippen LogP contribution in [0.15, 0.2) is 12.1 Å². The van der Waals surface area contributed by atoms with Gasteiger partial charge in [0.05, 0.1) is 0 Å². The molecule has 0 aromatic heterocycles. The Balaban J connectivity index is 1.94. The molecule has 0 spiro atoms. The summed E-state index contributed by atoms with van der Waals surface area (Å²) < 4.78 is 50.2. The lowest BCUT2D eigenvalue weighted by Crippen LogP contribution is -2.35. The maximum Gasteiger partial charge on any atom is 0.161 e. The van der Waals surface area contributed by atoms with Gasteiger partial charge in [-0.15, -0.1) is 0 Å². The standard InChI is InChI=1S/C12H14F3NOS/c13-10-6-12(15)11(14)5-8(10)7-16-9-1-3-18(17)4-2-9/h5-6,9,16H,1-4,7H2. The summed E-state index contributed by atoms with van der Waals surface area (Å²) >= 11 is 0. The van der Waals surface area contributed by atoms with Gasteiger partial charge in [-0.2, -0.15) is 0 Å². The third kappa shape index (κ3) is 3.32. The van der Waals surface area contributed by atoms with E-state index in [9.17, 15) is 17.4 Å². The minimum atomic E-state index is -1.18. The summed E-state index contributed by atoms with van der Waals surface area (Å²) in [4.78, 5) is 0. The van der Waals surface area contributed by atoms with Gasteiger partial charge in [0.2, 0.25) is 0 Å². The number of hydrogen-bond donors (Lipinski definition) is 1. The van der Waals surface area contributed by atoms with Crippen LogP contribution in [0.1, 0.15) is 18.4 Å². The normalized spacial score (nSPS) is 24.2. The molecule has 2 rings (SSSR count). The molecule has 0 unspecified atom stereocenters. The number of benzene rings is 1. The first-order chi connectivity index (χ1) is 8.56. The van der Waals surface area contributed by atoms with Gasteiger partial charge in [-0.05, 0) is 18.9 Å². The van der Waals surface area contributed by atoms with Crippen LogP contribution in [-0.2, 0) is 17.3 Å². The van der Waals surface area contributed by atoms with E-state index in [-0.39, 0.29) is 18.2 Å². The van der Waals surface area contributed by atoms with Crippen molar-refractivity contribution in [3.05, 3.63) is 35.1 Å². The number of nitrogens with one attached hydrogen (secondary N) is 1. The van der Waals surface area contributed by atoms with Gasteiger partial charge >= 0.3 is 0 Å². The minimum Gasteiger partial charge on any atom is -0.310 e. The molecule has 1 aromatic rings. The summed E-state index contributed by atoms with van der Waals surface area (Å²) in [7, 11) is -0.744. The van der Waals surface area contributed by atoms with Crippen molar-refractivity contribution in [2.45, 2.75) is 25.4 Å². The lowest BCUT2D eigenvalue weighted by Gasteiger charge is -2.22. The average molecular weight is 277 g/mol. The first-order valence-corrected chi connectivity index (χ1v) is 7.27. The fourth-order valence-corrected chi connectivity index (χ4v) is 3.25. The highest BCUT2D eigenvalue weighted by atomic mass is 32.2. The van der Waals surface area contributed by atoms with Crippen LogP contribution in [0.25, 0.3) is 0 Å². The number of halogens is 3. The zero-order valence-electron chi connectivity index (χ0n) is 9.72. The Morgan fingerprint density at radius 1 is 1.11 bits per heavy atom. The van der Waals surface area contributed by atoms with Crippen LogP contribution in [0.4, 0.5) is 13.2 Å². The van der Waals surface area contributed by atoms with E-state index in [0.717, 1.165) is 18.9 Å². The Bertz CT molecular complexity index is 457. The molecule has 1 aliphatic rings. The van der Waals surface area contributed by atoms with E-state index in [1.54, 1.807) is 0 Å². The molecule has 0 saturated carbocycles. The maximum atomic E-state index is 13.4. The van der Waals surface area contributed by atoms with Gasteiger partial charge in [0.1, 0.15) is 5.82 Å². The molecule has 0 atom stereocenters. The summed E-state index contributed by atoms with van der Waals surface area (Å²) in [6.07, 6.45) is 1.52. The van der Waals surface area contributed by atoms with Gasteiger partial charge in [0, 0.05) is 46.5 Å². The Hall–Kier alpha value is -0.880. The monoisotopic (exact) mass is 277 g/mol. The lowest BCUT2D eigenvalue weighted by atomic mass is 10.1. The molecule has 1 saturated heterocycles. The second kappa shape index (κ2) is 5.84. The average Bonchev–Trinajstić information content (AvgIpc) is 2.34. The van der Waals surface area contributed by atoms with Crippen LogP contribution in [0, 0.1) is 17.5 Å². The largest absolute Gasteiger partial charge is 0.310 e. The summed E-state index contributed by atoms with van der Waals surface area (Å²) in [6, 6.07) is 1.59. The summed E-state index contributed by atoms with van der Waals surface area (Å²) in [6.45, 7) is 0.153. The molecule has 100 valence electrons. The second-order valence-electron chi connectivity index (χ2n) is 4.36. The van der Waals surface area contributed by atoms with Gasteiger partial charge in [-0.25, -0.2) is 13.2 Å². The van der Waals surface area contributed by atoms with Gasteiger partial charge in [0.25, 0.3) is 0 Å². The molecule has 0 aliphatic carbocycles. The molecule has 6 heteroatoms. The highest BCUT2D eigenvalue weighted by Crippen LogP contribution is 2.15. The van der Waals surface area contributed by atoms with Crippen molar-refractivity contribution in [1.82, 2.24) is 5.32 Å². The summed E-state index contributed by atoms with van der Waals surface area (Å²) in [5.41, 5.74) is 0.112. The van der Waals surface area contributed by atoms with Crippen molar-refractivity contribution in [1.29, 1.82) is 0 Å². The van der Waals surface area contributed by atoms with Crippen molar-refractivity contribution in [2.24, 2.45) is 0 Å². The van der Waals surface area contributed by atoms with Crippen molar-refractivity contribution in [3.63, 3.8) is 0 Å². The van der Waals surface area contributed by atoms with Gasteiger partial charge in [-0.3, -0.25) is 4.21 Å². The lowest BCUT2D eigenvalue weighted by molar-refractivity contribution is 0.456. The second-order valence-corrected chi connectivity index (χ2v) is 6.06. The molecule has 1 heterocycles. The van der Waals surface area contributed by atoms with Crippen LogP contribution in [0.5, 0.6) is 0 Å². The van der Waals surface area contributed by atoms with Gasteiger partial charge in [-0.1, -0.05) is 0 Å². The third-order valence-electron chi connectivity index (χ3n) is 3.06.